The summed E-state index contributed by atoms with van der Waals surface area (Å²) in [5, 5.41) is 4.26. The fraction of sp³-hybridized carbons (Fsp3) is 0.0952. The van der Waals surface area contributed by atoms with Crippen LogP contribution in [0.25, 0.3) is 10.2 Å². The zero-order valence-electron chi connectivity index (χ0n) is 15.8. The number of benzene rings is 2. The molecule has 0 unspecified atom stereocenters. The number of thiophene rings is 1. The van der Waals surface area contributed by atoms with Gasteiger partial charge in [0.2, 0.25) is 5.91 Å². The Morgan fingerprint density at radius 1 is 1.00 bits per heavy atom. The molecule has 0 saturated carbocycles. The molecular formula is C21H14ClF2N3O3S. The van der Waals surface area contributed by atoms with Crippen LogP contribution in [-0.2, 0) is 17.9 Å². The molecule has 0 aliphatic carbocycles. The normalized spacial score (nSPS) is 11.1. The highest BCUT2D eigenvalue weighted by Gasteiger charge is 2.17. The number of nitrogens with one attached hydrogen (secondary N) is 1. The topological polar surface area (TPSA) is 73.1 Å². The summed E-state index contributed by atoms with van der Waals surface area (Å²) in [5.74, 6) is -1.63. The minimum absolute atomic E-state index is 0.0703. The molecule has 0 aliphatic rings. The molecule has 2 heterocycles. The molecule has 2 aromatic carbocycles. The Morgan fingerprint density at radius 3 is 2.45 bits per heavy atom. The first-order valence-corrected chi connectivity index (χ1v) is 10.3. The Bertz CT molecular complexity index is 1410. The number of hydrogen-bond donors (Lipinski definition) is 1. The standard InChI is InChI=1S/C21H14ClF2N3O3S/c22-15-6-5-14(24)9-16(15)25-18(28)11-26-17-7-8-31-19(17)20(29)27(21(26)30)10-12-1-3-13(23)4-2-12/h1-9H,10-11H2,(H,25,28). The van der Waals surface area contributed by atoms with Gasteiger partial charge in [0.1, 0.15) is 22.9 Å². The van der Waals surface area contributed by atoms with Crippen molar-refractivity contribution in [3.63, 3.8) is 0 Å². The summed E-state index contributed by atoms with van der Waals surface area (Å²) >= 11 is 7.12. The van der Waals surface area contributed by atoms with Gasteiger partial charge in [0.25, 0.3) is 5.56 Å². The quantitative estimate of drug-likeness (QED) is 0.490. The minimum atomic E-state index is -0.694. The Labute approximate surface area is 182 Å². The zero-order valence-corrected chi connectivity index (χ0v) is 17.3. The molecule has 0 atom stereocenters. The van der Waals surface area contributed by atoms with Gasteiger partial charge in [-0.3, -0.25) is 18.7 Å². The number of rotatable bonds is 5. The number of hydrogen-bond acceptors (Lipinski definition) is 4. The third-order valence-corrected chi connectivity index (χ3v) is 5.82. The van der Waals surface area contributed by atoms with Gasteiger partial charge in [0, 0.05) is 0 Å². The lowest BCUT2D eigenvalue weighted by molar-refractivity contribution is -0.116. The lowest BCUT2D eigenvalue weighted by Gasteiger charge is -2.13. The van der Waals surface area contributed by atoms with E-state index in [2.05, 4.69) is 5.32 Å². The third-order valence-electron chi connectivity index (χ3n) is 4.59. The van der Waals surface area contributed by atoms with Crippen LogP contribution in [-0.4, -0.2) is 15.0 Å². The average Bonchev–Trinajstić information content (AvgIpc) is 3.22. The summed E-state index contributed by atoms with van der Waals surface area (Å²) in [6, 6.07) is 10.5. The Balaban J connectivity index is 1.72. The van der Waals surface area contributed by atoms with Crippen molar-refractivity contribution in [3.05, 3.63) is 97.0 Å². The molecule has 6 nitrogen and oxygen atoms in total. The van der Waals surface area contributed by atoms with E-state index in [9.17, 15) is 23.2 Å². The predicted molar refractivity (Wildman–Crippen MR) is 116 cm³/mol. The number of anilines is 1. The van der Waals surface area contributed by atoms with E-state index >= 15 is 0 Å². The fourth-order valence-corrected chi connectivity index (χ4v) is 4.13. The monoisotopic (exact) mass is 461 g/mol. The van der Waals surface area contributed by atoms with E-state index in [0.717, 1.165) is 28.0 Å². The number of carbonyl (C=O) groups excluding carboxylic acids is 1. The third kappa shape index (κ3) is 4.28. The van der Waals surface area contributed by atoms with Gasteiger partial charge in [-0.1, -0.05) is 23.7 Å². The van der Waals surface area contributed by atoms with Crippen LogP contribution in [0, 0.1) is 11.6 Å². The van der Waals surface area contributed by atoms with Gasteiger partial charge in [-0.2, -0.15) is 0 Å². The fourth-order valence-electron chi connectivity index (χ4n) is 3.12. The molecule has 0 aliphatic heterocycles. The number of aromatic nitrogens is 2. The second-order valence-corrected chi connectivity index (χ2v) is 8.02. The average molecular weight is 462 g/mol. The van der Waals surface area contributed by atoms with Crippen LogP contribution in [0.1, 0.15) is 5.56 Å². The van der Waals surface area contributed by atoms with Crippen molar-refractivity contribution in [2.24, 2.45) is 0 Å². The van der Waals surface area contributed by atoms with E-state index in [1.807, 2.05) is 0 Å². The summed E-state index contributed by atoms with van der Waals surface area (Å²) in [4.78, 5) is 38.5. The second-order valence-electron chi connectivity index (χ2n) is 6.69. The van der Waals surface area contributed by atoms with Crippen molar-refractivity contribution in [3.8, 4) is 0 Å². The van der Waals surface area contributed by atoms with Crippen LogP contribution in [0.15, 0.2) is 63.5 Å². The van der Waals surface area contributed by atoms with Crippen LogP contribution < -0.4 is 16.6 Å². The summed E-state index contributed by atoms with van der Waals surface area (Å²) in [5.41, 5.74) is -0.249. The molecule has 0 fully saturated rings. The van der Waals surface area contributed by atoms with E-state index in [1.54, 1.807) is 11.4 Å². The van der Waals surface area contributed by atoms with Crippen molar-refractivity contribution < 1.29 is 13.6 Å². The summed E-state index contributed by atoms with van der Waals surface area (Å²) in [7, 11) is 0. The van der Waals surface area contributed by atoms with Gasteiger partial charge in [0.05, 0.1) is 22.8 Å². The van der Waals surface area contributed by atoms with Crippen molar-refractivity contribution in [1.29, 1.82) is 0 Å². The maximum atomic E-state index is 13.5. The summed E-state index contributed by atoms with van der Waals surface area (Å²) < 4.78 is 29.1. The van der Waals surface area contributed by atoms with Crippen molar-refractivity contribution in [2.45, 2.75) is 13.1 Å². The van der Waals surface area contributed by atoms with Crippen molar-refractivity contribution in [2.75, 3.05) is 5.32 Å². The number of carbonyl (C=O) groups is 1. The lowest BCUT2D eigenvalue weighted by atomic mass is 10.2. The molecule has 4 rings (SSSR count). The first-order valence-electron chi connectivity index (χ1n) is 9.03. The second kappa shape index (κ2) is 8.44. The number of nitrogens with zero attached hydrogens (tertiary/aromatic N) is 2. The van der Waals surface area contributed by atoms with Gasteiger partial charge in [-0.15, -0.1) is 11.3 Å². The van der Waals surface area contributed by atoms with Crippen LogP contribution in [0.4, 0.5) is 14.5 Å². The van der Waals surface area contributed by atoms with Crippen molar-refractivity contribution >= 4 is 44.7 Å². The van der Waals surface area contributed by atoms with Gasteiger partial charge in [-0.25, -0.2) is 13.6 Å². The van der Waals surface area contributed by atoms with E-state index in [4.69, 9.17) is 11.6 Å². The lowest BCUT2D eigenvalue weighted by Crippen LogP contribution is -2.41. The summed E-state index contributed by atoms with van der Waals surface area (Å²) in [6.45, 7) is -0.494. The molecule has 0 bridgehead atoms. The molecule has 0 radical (unpaired) electrons. The Hall–Kier alpha value is -3.30. The Morgan fingerprint density at radius 2 is 1.71 bits per heavy atom. The minimum Gasteiger partial charge on any atom is -0.323 e. The molecule has 10 heteroatoms. The molecule has 31 heavy (non-hydrogen) atoms. The SMILES string of the molecule is O=C(Cn1c(=O)n(Cc2ccc(F)cc2)c(=O)c2sccc21)Nc1cc(F)ccc1Cl. The maximum absolute atomic E-state index is 13.5. The molecule has 1 amide bonds. The predicted octanol–water partition coefficient (Wildman–Crippen LogP) is 3.84. The highest BCUT2D eigenvalue weighted by Crippen LogP contribution is 2.22. The van der Waals surface area contributed by atoms with Gasteiger partial charge >= 0.3 is 5.69 Å². The van der Waals surface area contributed by atoms with E-state index < -0.39 is 35.3 Å². The highest BCUT2D eigenvalue weighted by atomic mass is 35.5. The molecule has 0 spiro atoms. The first kappa shape index (κ1) is 21.0. The van der Waals surface area contributed by atoms with Crippen molar-refractivity contribution in [1.82, 2.24) is 9.13 Å². The molecule has 2 aromatic heterocycles. The molecule has 4 aromatic rings. The smallest absolute Gasteiger partial charge is 0.323 e. The Kier molecular flexibility index (Phi) is 5.71. The molecule has 1 N–H and O–H groups in total. The largest absolute Gasteiger partial charge is 0.332 e. The maximum Gasteiger partial charge on any atom is 0.332 e. The van der Waals surface area contributed by atoms with Gasteiger partial charge in [0.15, 0.2) is 0 Å². The van der Waals surface area contributed by atoms with Crippen LogP contribution >= 0.6 is 22.9 Å². The molecule has 0 saturated heterocycles. The number of fused-ring (bicyclic) bond motifs is 1. The van der Waals surface area contributed by atoms with Crippen LogP contribution in [0.3, 0.4) is 0 Å². The molecular weight excluding hydrogens is 448 g/mol. The number of amides is 1. The van der Waals surface area contributed by atoms with Crippen LogP contribution in [0.5, 0.6) is 0 Å². The van der Waals surface area contributed by atoms with Gasteiger partial charge in [-0.05, 0) is 47.3 Å². The highest BCUT2D eigenvalue weighted by molar-refractivity contribution is 7.17. The van der Waals surface area contributed by atoms with E-state index in [-0.39, 0.29) is 17.3 Å². The first-order chi connectivity index (χ1) is 14.8. The van der Waals surface area contributed by atoms with E-state index in [1.165, 1.54) is 34.9 Å². The van der Waals surface area contributed by atoms with Crippen LogP contribution in [0.2, 0.25) is 5.02 Å². The van der Waals surface area contributed by atoms with E-state index in [0.29, 0.717) is 15.8 Å². The summed E-state index contributed by atoms with van der Waals surface area (Å²) in [6.07, 6.45) is 0. The molecule has 158 valence electrons. The van der Waals surface area contributed by atoms with Gasteiger partial charge < -0.3 is 5.32 Å². The zero-order chi connectivity index (χ0) is 22.1. The number of halogens is 3.